The highest BCUT2D eigenvalue weighted by molar-refractivity contribution is 5.96. The van der Waals surface area contributed by atoms with Crippen LogP contribution >= 0.6 is 0 Å². The summed E-state index contributed by atoms with van der Waals surface area (Å²) in [6.45, 7) is 0. The molecular formula is C24H13F3O6. The molecule has 0 bridgehead atoms. The fourth-order valence-electron chi connectivity index (χ4n) is 4.03. The fraction of sp³-hybridized carbons (Fsp3) is 0.0833. The summed E-state index contributed by atoms with van der Waals surface area (Å²) in [6, 6.07) is 11.2. The Morgan fingerprint density at radius 3 is 2.36 bits per heavy atom. The molecule has 0 radical (unpaired) electrons. The van der Waals surface area contributed by atoms with E-state index in [-0.39, 0.29) is 16.9 Å². The molecule has 0 spiro atoms. The van der Waals surface area contributed by atoms with Crippen molar-refractivity contribution in [1.29, 1.82) is 0 Å². The monoisotopic (exact) mass is 454 g/mol. The average molecular weight is 454 g/mol. The maximum Gasteiger partial charge on any atom is 0.312 e. The predicted molar refractivity (Wildman–Crippen MR) is 110 cm³/mol. The largest absolute Gasteiger partial charge is 0.504 e. The smallest absolute Gasteiger partial charge is 0.312 e. The van der Waals surface area contributed by atoms with Gasteiger partial charge in [0.1, 0.15) is 16.7 Å². The Labute approximate surface area is 183 Å². The van der Waals surface area contributed by atoms with Crippen molar-refractivity contribution in [2.45, 2.75) is 12.3 Å². The molecule has 1 aliphatic heterocycles. The summed E-state index contributed by atoms with van der Waals surface area (Å²) >= 11 is 0. The van der Waals surface area contributed by atoms with Gasteiger partial charge in [-0.3, -0.25) is 9.59 Å². The maximum absolute atomic E-state index is 14.7. The summed E-state index contributed by atoms with van der Waals surface area (Å²) in [7, 11) is 0. The maximum atomic E-state index is 14.7. The van der Waals surface area contributed by atoms with Crippen LogP contribution in [0.15, 0.2) is 57.7 Å². The van der Waals surface area contributed by atoms with E-state index in [0.717, 1.165) is 12.1 Å². The number of phenolic OH excluding ortho intramolecular Hbond substituents is 2. The quantitative estimate of drug-likeness (QED) is 0.197. The lowest BCUT2D eigenvalue weighted by Gasteiger charge is -2.27. The van der Waals surface area contributed by atoms with E-state index in [0.29, 0.717) is 11.6 Å². The Bertz CT molecular complexity index is 1510. The average Bonchev–Trinajstić information content (AvgIpc) is 2.80. The highest BCUT2D eigenvalue weighted by Crippen LogP contribution is 2.52. The van der Waals surface area contributed by atoms with E-state index in [4.69, 9.17) is 9.15 Å². The van der Waals surface area contributed by atoms with Crippen LogP contribution in [0.2, 0.25) is 0 Å². The van der Waals surface area contributed by atoms with E-state index in [1.54, 1.807) is 30.3 Å². The van der Waals surface area contributed by atoms with E-state index < -0.39 is 69.4 Å². The van der Waals surface area contributed by atoms with Crippen LogP contribution in [-0.2, 0) is 4.79 Å². The zero-order valence-electron chi connectivity index (χ0n) is 16.6. The van der Waals surface area contributed by atoms with Crippen molar-refractivity contribution in [2.75, 3.05) is 0 Å². The Hall–Kier alpha value is -4.27. The summed E-state index contributed by atoms with van der Waals surface area (Å²) in [5.41, 5.74) is -1.08. The predicted octanol–water partition coefficient (Wildman–Crippen LogP) is 4.73. The van der Waals surface area contributed by atoms with Gasteiger partial charge in [-0.1, -0.05) is 36.4 Å². The molecule has 5 rings (SSSR count). The van der Waals surface area contributed by atoms with E-state index >= 15 is 0 Å². The van der Waals surface area contributed by atoms with E-state index in [9.17, 15) is 33.0 Å². The van der Waals surface area contributed by atoms with Crippen molar-refractivity contribution in [1.82, 2.24) is 0 Å². The molecule has 0 amide bonds. The second-order valence-electron chi connectivity index (χ2n) is 7.48. The first-order chi connectivity index (χ1) is 15.8. The number of hydrogen-bond acceptors (Lipinski definition) is 6. The number of hydrogen-bond donors (Lipinski definition) is 2. The molecule has 4 aromatic rings. The van der Waals surface area contributed by atoms with Gasteiger partial charge in [-0.25, -0.2) is 13.2 Å². The van der Waals surface area contributed by atoms with E-state index in [2.05, 4.69) is 0 Å². The molecule has 6 nitrogen and oxygen atoms in total. The standard InChI is InChI=1S/C24H13F3O6/c25-13-7-6-11(19(26)20(13)27)12-8-16(29)33-24-17(12)23-18(21(30)22(24)31)14(28)9-15(32-23)10-4-2-1-3-5-10/h1-7,9,12,30-31H,8H2/t12-/m0/s1. The van der Waals surface area contributed by atoms with E-state index in [1.165, 1.54) is 0 Å². The topological polar surface area (TPSA) is 97.0 Å². The third-order valence-corrected chi connectivity index (χ3v) is 5.55. The molecule has 166 valence electrons. The molecule has 0 fully saturated rings. The first kappa shape index (κ1) is 20.6. The first-order valence-electron chi connectivity index (χ1n) is 9.73. The van der Waals surface area contributed by atoms with Crippen LogP contribution in [0.25, 0.3) is 22.3 Å². The zero-order valence-corrected chi connectivity index (χ0v) is 16.6. The molecule has 0 saturated heterocycles. The van der Waals surface area contributed by atoms with Gasteiger partial charge in [0, 0.05) is 17.5 Å². The zero-order chi connectivity index (χ0) is 23.4. The number of carbonyl (C=O) groups is 1. The van der Waals surface area contributed by atoms with Gasteiger partial charge in [0.05, 0.1) is 12.0 Å². The third kappa shape index (κ3) is 3.12. The van der Waals surface area contributed by atoms with Gasteiger partial charge >= 0.3 is 5.97 Å². The molecule has 9 heteroatoms. The number of ether oxygens (including phenoxy) is 1. The number of rotatable bonds is 2. The van der Waals surface area contributed by atoms with Gasteiger partial charge in [0.15, 0.2) is 34.4 Å². The summed E-state index contributed by atoms with van der Waals surface area (Å²) < 4.78 is 53.2. The molecular weight excluding hydrogens is 441 g/mol. The Morgan fingerprint density at radius 2 is 1.64 bits per heavy atom. The molecule has 3 aromatic carbocycles. The number of aromatic hydroxyl groups is 2. The molecule has 0 unspecified atom stereocenters. The molecule has 0 saturated carbocycles. The van der Waals surface area contributed by atoms with Crippen LogP contribution in [0, 0.1) is 17.5 Å². The van der Waals surface area contributed by atoms with Gasteiger partial charge < -0.3 is 19.4 Å². The third-order valence-electron chi connectivity index (χ3n) is 5.55. The lowest BCUT2D eigenvalue weighted by atomic mass is 9.84. The Kier molecular flexibility index (Phi) is 4.63. The first-order valence-corrected chi connectivity index (χ1v) is 9.73. The van der Waals surface area contributed by atoms with Crippen molar-refractivity contribution in [3.63, 3.8) is 0 Å². The summed E-state index contributed by atoms with van der Waals surface area (Å²) in [4.78, 5) is 25.1. The lowest BCUT2D eigenvalue weighted by molar-refractivity contribution is -0.135. The lowest BCUT2D eigenvalue weighted by Crippen LogP contribution is -2.23. The second-order valence-corrected chi connectivity index (χ2v) is 7.48. The summed E-state index contributed by atoms with van der Waals surface area (Å²) in [5.74, 6) is -9.23. The molecule has 2 heterocycles. The van der Waals surface area contributed by atoms with Crippen LogP contribution < -0.4 is 10.2 Å². The Balaban J connectivity index is 1.89. The Morgan fingerprint density at radius 1 is 0.909 bits per heavy atom. The molecule has 1 aromatic heterocycles. The van der Waals surface area contributed by atoms with Crippen LogP contribution in [0.3, 0.4) is 0 Å². The fourth-order valence-corrected chi connectivity index (χ4v) is 4.03. The normalized spacial score (nSPS) is 15.4. The van der Waals surface area contributed by atoms with Crippen molar-refractivity contribution in [3.8, 4) is 28.6 Å². The SMILES string of the molecule is O=C1C[C@@H](c2ccc(F)c(F)c2F)c2c(c(O)c(O)c3c(=O)cc(-c4ccccc4)oc23)O1. The van der Waals surface area contributed by atoms with Crippen molar-refractivity contribution >= 4 is 16.9 Å². The minimum atomic E-state index is -1.74. The molecule has 1 atom stereocenters. The van der Waals surface area contributed by atoms with E-state index in [1.807, 2.05) is 0 Å². The summed E-state index contributed by atoms with van der Waals surface area (Å²) in [6.07, 6.45) is -0.520. The number of esters is 1. The van der Waals surface area contributed by atoms with Gasteiger partial charge in [-0.05, 0) is 11.6 Å². The highest BCUT2D eigenvalue weighted by atomic mass is 19.2. The number of fused-ring (bicyclic) bond motifs is 3. The molecule has 0 aliphatic carbocycles. The van der Waals surface area contributed by atoms with Gasteiger partial charge in [-0.2, -0.15) is 0 Å². The van der Waals surface area contributed by atoms with Crippen molar-refractivity contribution in [3.05, 3.63) is 87.3 Å². The van der Waals surface area contributed by atoms with Crippen molar-refractivity contribution < 1.29 is 37.3 Å². The minimum Gasteiger partial charge on any atom is -0.504 e. The number of phenols is 2. The van der Waals surface area contributed by atoms with Gasteiger partial charge in [0.2, 0.25) is 5.75 Å². The molecule has 2 N–H and O–H groups in total. The van der Waals surface area contributed by atoms with Gasteiger partial charge in [0.25, 0.3) is 0 Å². The molecule has 1 aliphatic rings. The minimum absolute atomic E-state index is 0.0850. The van der Waals surface area contributed by atoms with Crippen LogP contribution in [0.5, 0.6) is 17.2 Å². The van der Waals surface area contributed by atoms with Gasteiger partial charge in [-0.15, -0.1) is 0 Å². The number of benzene rings is 3. The summed E-state index contributed by atoms with van der Waals surface area (Å²) in [5, 5.41) is 20.5. The van der Waals surface area contributed by atoms with Crippen LogP contribution in [0.1, 0.15) is 23.5 Å². The highest BCUT2D eigenvalue weighted by Gasteiger charge is 2.38. The second kappa shape index (κ2) is 7.40. The van der Waals surface area contributed by atoms with Crippen LogP contribution in [0.4, 0.5) is 13.2 Å². The molecule has 33 heavy (non-hydrogen) atoms. The van der Waals surface area contributed by atoms with Crippen LogP contribution in [-0.4, -0.2) is 16.2 Å². The number of carbonyl (C=O) groups excluding carboxylic acids is 1. The number of halogens is 3. The van der Waals surface area contributed by atoms with Crippen molar-refractivity contribution in [2.24, 2.45) is 0 Å².